The lowest BCUT2D eigenvalue weighted by Crippen LogP contribution is -2.30. The van der Waals surface area contributed by atoms with Crippen LogP contribution in [-0.2, 0) is 10.4 Å². The molecular formula is C9H10NO2S. The molecule has 1 radical (unpaired) electrons. The van der Waals surface area contributed by atoms with Gasteiger partial charge in [-0.2, -0.15) is 0 Å². The Morgan fingerprint density at radius 2 is 2.23 bits per heavy atom. The number of carbonyl (C=O) groups is 1. The lowest BCUT2D eigenvalue weighted by Gasteiger charge is -2.29. The first kappa shape index (κ1) is 8.84. The molecule has 0 spiro atoms. The first-order chi connectivity index (χ1) is 6.21. The SMILES string of the molecule is O=C1CCC(O)(c2cn[c]s2)CC1. The van der Waals surface area contributed by atoms with E-state index in [1.54, 1.807) is 6.20 Å². The Labute approximate surface area is 80.4 Å². The molecule has 0 atom stereocenters. The fraction of sp³-hybridized carbons (Fsp3) is 0.556. The summed E-state index contributed by atoms with van der Waals surface area (Å²) in [7, 11) is 0. The zero-order valence-electron chi connectivity index (χ0n) is 7.12. The number of hydrogen-bond acceptors (Lipinski definition) is 4. The second-order valence-corrected chi connectivity index (χ2v) is 4.21. The maximum atomic E-state index is 11.0. The van der Waals surface area contributed by atoms with Gasteiger partial charge in [0.1, 0.15) is 11.4 Å². The molecule has 0 saturated heterocycles. The third-order valence-corrected chi connectivity index (χ3v) is 3.39. The number of rotatable bonds is 1. The van der Waals surface area contributed by atoms with E-state index >= 15 is 0 Å². The molecule has 0 aromatic carbocycles. The summed E-state index contributed by atoms with van der Waals surface area (Å²) >= 11 is 1.33. The van der Waals surface area contributed by atoms with Crippen LogP contribution in [0.25, 0.3) is 0 Å². The second-order valence-electron chi connectivity index (χ2n) is 3.39. The topological polar surface area (TPSA) is 50.2 Å². The largest absolute Gasteiger partial charge is 0.384 e. The number of thiazole rings is 1. The van der Waals surface area contributed by atoms with Gasteiger partial charge in [-0.3, -0.25) is 4.79 Å². The van der Waals surface area contributed by atoms with Crippen LogP contribution in [0.2, 0.25) is 0 Å². The summed E-state index contributed by atoms with van der Waals surface area (Å²) in [6.07, 6.45) is 3.66. The number of Topliss-reactive ketones (excluding diaryl/α,β-unsaturated/α-hetero) is 1. The van der Waals surface area contributed by atoms with Gasteiger partial charge in [-0.05, 0) is 12.8 Å². The fourth-order valence-electron chi connectivity index (χ4n) is 1.59. The first-order valence-electron chi connectivity index (χ1n) is 4.27. The molecule has 13 heavy (non-hydrogen) atoms. The summed E-state index contributed by atoms with van der Waals surface area (Å²) in [5, 5.41) is 10.1. The Bertz CT molecular complexity index is 297. The molecule has 3 nitrogen and oxygen atoms in total. The van der Waals surface area contributed by atoms with Crippen molar-refractivity contribution in [2.24, 2.45) is 0 Å². The van der Waals surface area contributed by atoms with Crippen LogP contribution >= 0.6 is 11.3 Å². The van der Waals surface area contributed by atoms with E-state index in [-0.39, 0.29) is 5.78 Å². The van der Waals surface area contributed by atoms with Crippen LogP contribution in [0.1, 0.15) is 30.6 Å². The van der Waals surface area contributed by atoms with Crippen molar-refractivity contribution in [3.05, 3.63) is 16.6 Å². The highest BCUT2D eigenvalue weighted by atomic mass is 32.1. The Hall–Kier alpha value is -0.740. The van der Waals surface area contributed by atoms with Gasteiger partial charge in [0.05, 0.1) is 4.88 Å². The third kappa shape index (κ3) is 1.64. The van der Waals surface area contributed by atoms with Gasteiger partial charge in [-0.1, -0.05) is 0 Å². The average molecular weight is 196 g/mol. The molecule has 0 unspecified atom stereocenters. The molecule has 0 aliphatic heterocycles. The maximum Gasteiger partial charge on any atom is 0.152 e. The monoisotopic (exact) mass is 196 g/mol. The van der Waals surface area contributed by atoms with Crippen LogP contribution in [0.3, 0.4) is 0 Å². The normalized spacial score (nSPS) is 21.8. The molecule has 1 saturated carbocycles. The van der Waals surface area contributed by atoms with Gasteiger partial charge >= 0.3 is 0 Å². The number of aliphatic hydroxyl groups is 1. The highest BCUT2D eigenvalue weighted by Gasteiger charge is 2.35. The van der Waals surface area contributed by atoms with Gasteiger partial charge in [-0.15, -0.1) is 11.3 Å². The van der Waals surface area contributed by atoms with Gasteiger partial charge < -0.3 is 5.11 Å². The highest BCUT2D eigenvalue weighted by Crippen LogP contribution is 2.37. The van der Waals surface area contributed by atoms with E-state index < -0.39 is 5.60 Å². The molecule has 1 heterocycles. The van der Waals surface area contributed by atoms with Crippen LogP contribution in [0.15, 0.2) is 6.20 Å². The Morgan fingerprint density at radius 3 is 2.77 bits per heavy atom. The lowest BCUT2D eigenvalue weighted by atomic mass is 9.83. The van der Waals surface area contributed by atoms with E-state index in [1.165, 1.54) is 11.3 Å². The number of aromatic nitrogens is 1. The molecule has 1 aliphatic rings. The maximum absolute atomic E-state index is 11.0. The summed E-state index contributed by atoms with van der Waals surface area (Å²) < 4.78 is 0. The predicted molar refractivity (Wildman–Crippen MR) is 48.3 cm³/mol. The van der Waals surface area contributed by atoms with E-state index in [9.17, 15) is 9.90 Å². The van der Waals surface area contributed by atoms with Gasteiger partial charge in [-0.25, -0.2) is 4.98 Å². The van der Waals surface area contributed by atoms with Crippen LogP contribution in [0, 0.1) is 5.51 Å². The van der Waals surface area contributed by atoms with E-state index in [1.807, 2.05) is 0 Å². The van der Waals surface area contributed by atoms with E-state index in [4.69, 9.17) is 0 Å². The van der Waals surface area contributed by atoms with Crippen LogP contribution in [0.4, 0.5) is 0 Å². The summed E-state index contributed by atoms with van der Waals surface area (Å²) in [6.45, 7) is 0. The standard InChI is InChI=1S/C9H10NO2S/c11-7-1-3-9(12,4-2-7)8-5-10-6-13-8/h5,12H,1-4H2. The van der Waals surface area contributed by atoms with Crippen molar-refractivity contribution in [1.82, 2.24) is 4.98 Å². The van der Waals surface area contributed by atoms with Crippen molar-refractivity contribution >= 4 is 17.1 Å². The fourth-order valence-corrected chi connectivity index (χ4v) is 2.29. The molecule has 1 aromatic rings. The Morgan fingerprint density at radius 1 is 1.54 bits per heavy atom. The van der Waals surface area contributed by atoms with Gasteiger partial charge in [0, 0.05) is 19.0 Å². The zero-order chi connectivity index (χ0) is 9.31. The van der Waals surface area contributed by atoms with Crippen molar-refractivity contribution in [2.75, 3.05) is 0 Å². The summed E-state index contributed by atoms with van der Waals surface area (Å²) in [5.41, 5.74) is 1.90. The minimum absolute atomic E-state index is 0.248. The minimum Gasteiger partial charge on any atom is -0.384 e. The Balaban J connectivity index is 2.18. The van der Waals surface area contributed by atoms with Crippen molar-refractivity contribution in [1.29, 1.82) is 0 Å². The van der Waals surface area contributed by atoms with Gasteiger partial charge in [0.2, 0.25) is 0 Å². The van der Waals surface area contributed by atoms with Gasteiger partial charge in [0.25, 0.3) is 0 Å². The first-order valence-corrected chi connectivity index (χ1v) is 5.09. The molecule has 1 aliphatic carbocycles. The predicted octanol–water partition coefficient (Wildman–Crippen LogP) is 1.27. The molecular weight excluding hydrogens is 186 g/mol. The third-order valence-electron chi connectivity index (χ3n) is 2.48. The number of hydrogen-bond donors (Lipinski definition) is 1. The molecule has 2 rings (SSSR count). The quantitative estimate of drug-likeness (QED) is 0.736. The second kappa shape index (κ2) is 3.20. The van der Waals surface area contributed by atoms with Crippen LogP contribution in [0.5, 0.6) is 0 Å². The van der Waals surface area contributed by atoms with Crippen LogP contribution in [-0.4, -0.2) is 15.9 Å². The van der Waals surface area contributed by atoms with Gasteiger partial charge in [0.15, 0.2) is 5.51 Å². The van der Waals surface area contributed by atoms with Crippen molar-refractivity contribution in [3.8, 4) is 0 Å². The zero-order valence-corrected chi connectivity index (χ0v) is 7.93. The molecule has 1 fully saturated rings. The van der Waals surface area contributed by atoms with Crippen molar-refractivity contribution < 1.29 is 9.90 Å². The molecule has 69 valence electrons. The number of nitrogens with zero attached hydrogens (tertiary/aromatic N) is 1. The Kier molecular flexibility index (Phi) is 2.17. The number of ketones is 1. The molecule has 1 N–H and O–H groups in total. The van der Waals surface area contributed by atoms with E-state index in [0.29, 0.717) is 25.7 Å². The minimum atomic E-state index is -0.814. The summed E-state index contributed by atoms with van der Waals surface area (Å²) in [6, 6.07) is 0. The van der Waals surface area contributed by atoms with Crippen LogP contribution < -0.4 is 0 Å². The number of carbonyl (C=O) groups excluding carboxylic acids is 1. The van der Waals surface area contributed by atoms with Crippen molar-refractivity contribution in [3.63, 3.8) is 0 Å². The lowest BCUT2D eigenvalue weighted by molar-refractivity contribution is -0.125. The molecule has 4 heteroatoms. The van der Waals surface area contributed by atoms with E-state index in [2.05, 4.69) is 10.5 Å². The van der Waals surface area contributed by atoms with E-state index in [0.717, 1.165) is 4.88 Å². The highest BCUT2D eigenvalue weighted by molar-refractivity contribution is 7.09. The average Bonchev–Trinajstić information content (AvgIpc) is 2.63. The summed E-state index contributed by atoms with van der Waals surface area (Å²) in [5.74, 6) is 0.248. The molecule has 1 aromatic heterocycles. The molecule has 0 amide bonds. The van der Waals surface area contributed by atoms with Crippen molar-refractivity contribution in [2.45, 2.75) is 31.3 Å². The molecule has 0 bridgehead atoms. The summed E-state index contributed by atoms with van der Waals surface area (Å²) in [4.78, 5) is 15.6. The smallest absolute Gasteiger partial charge is 0.152 e.